The Balaban J connectivity index is 1.48. The number of aromatic nitrogens is 2. The zero-order valence-corrected chi connectivity index (χ0v) is 22.0. The number of aryl methyl sites for hydroxylation is 1. The molecule has 0 spiro atoms. The van der Waals surface area contributed by atoms with Crippen LogP contribution in [0.25, 0.3) is 11.0 Å². The van der Waals surface area contributed by atoms with Crippen LogP contribution in [0.2, 0.25) is 0 Å². The van der Waals surface area contributed by atoms with E-state index in [1.807, 2.05) is 42.5 Å². The summed E-state index contributed by atoms with van der Waals surface area (Å²) in [4.78, 5) is 19.9. The van der Waals surface area contributed by atoms with Gasteiger partial charge in [-0.1, -0.05) is 32.9 Å². The molecule has 0 unspecified atom stereocenters. The van der Waals surface area contributed by atoms with Gasteiger partial charge in [0.15, 0.2) is 0 Å². The van der Waals surface area contributed by atoms with Gasteiger partial charge in [0.25, 0.3) is 5.91 Å². The van der Waals surface area contributed by atoms with E-state index in [0.29, 0.717) is 44.0 Å². The first-order chi connectivity index (χ1) is 16.5. The van der Waals surface area contributed by atoms with Crippen LogP contribution in [0, 0.1) is 0 Å². The van der Waals surface area contributed by atoms with E-state index in [4.69, 9.17) is 4.98 Å². The molecule has 188 valence electrons. The van der Waals surface area contributed by atoms with Crippen LogP contribution >= 0.6 is 0 Å². The van der Waals surface area contributed by atoms with E-state index in [9.17, 15) is 13.2 Å². The molecule has 1 aliphatic rings. The summed E-state index contributed by atoms with van der Waals surface area (Å²) in [5.41, 5.74) is 4.40. The largest absolute Gasteiger partial charge is 0.327 e. The van der Waals surface area contributed by atoms with Gasteiger partial charge >= 0.3 is 0 Å². The van der Waals surface area contributed by atoms with Crippen LogP contribution in [-0.4, -0.2) is 65.5 Å². The molecule has 1 amide bonds. The van der Waals surface area contributed by atoms with Crippen molar-refractivity contribution in [3.63, 3.8) is 0 Å². The predicted octanol–water partition coefficient (Wildman–Crippen LogP) is 3.68. The van der Waals surface area contributed by atoms with Gasteiger partial charge in [-0.25, -0.2) is 13.4 Å². The SMILES string of the molecule is CCn1c(CN2CCN(S(C)(=O)=O)CC2)nc2cc(NC(=O)c3ccc(C(C)(C)C)cc3)ccc21. The lowest BCUT2D eigenvalue weighted by atomic mass is 9.87. The van der Waals surface area contributed by atoms with E-state index in [0.717, 1.165) is 23.4 Å². The lowest BCUT2D eigenvalue weighted by Crippen LogP contribution is -2.48. The average molecular weight is 498 g/mol. The second-order valence-corrected chi connectivity index (χ2v) is 12.2. The smallest absolute Gasteiger partial charge is 0.255 e. The second kappa shape index (κ2) is 9.72. The minimum atomic E-state index is -3.15. The van der Waals surface area contributed by atoms with Crippen LogP contribution in [0.3, 0.4) is 0 Å². The van der Waals surface area contributed by atoms with Crippen LogP contribution in [0.5, 0.6) is 0 Å². The summed E-state index contributed by atoms with van der Waals surface area (Å²) in [5.74, 6) is 0.792. The zero-order valence-electron chi connectivity index (χ0n) is 21.2. The van der Waals surface area contributed by atoms with Crippen molar-refractivity contribution >= 4 is 32.7 Å². The number of hydrogen-bond acceptors (Lipinski definition) is 5. The van der Waals surface area contributed by atoms with Gasteiger partial charge in [0, 0.05) is 44.0 Å². The Hall–Kier alpha value is -2.75. The highest BCUT2D eigenvalue weighted by atomic mass is 32.2. The summed E-state index contributed by atoms with van der Waals surface area (Å²) < 4.78 is 27.3. The van der Waals surface area contributed by atoms with Gasteiger partial charge in [0.2, 0.25) is 10.0 Å². The van der Waals surface area contributed by atoms with Gasteiger partial charge in [-0.2, -0.15) is 4.31 Å². The van der Waals surface area contributed by atoms with Crippen molar-refractivity contribution in [1.82, 2.24) is 18.8 Å². The van der Waals surface area contributed by atoms with Crippen LogP contribution in [0.4, 0.5) is 5.69 Å². The summed E-state index contributed by atoms with van der Waals surface area (Å²) in [6.45, 7) is 12.3. The summed E-state index contributed by atoms with van der Waals surface area (Å²) in [6.07, 6.45) is 1.26. The molecule has 9 heteroatoms. The molecule has 0 aliphatic carbocycles. The highest BCUT2D eigenvalue weighted by Crippen LogP contribution is 2.24. The van der Waals surface area contributed by atoms with Gasteiger partial charge in [0.05, 0.1) is 23.8 Å². The molecule has 2 heterocycles. The minimum absolute atomic E-state index is 0.0388. The molecular weight excluding hydrogens is 462 g/mol. The normalized spacial score (nSPS) is 16.0. The fourth-order valence-corrected chi connectivity index (χ4v) is 5.30. The maximum absolute atomic E-state index is 12.8. The number of benzene rings is 2. The maximum Gasteiger partial charge on any atom is 0.255 e. The Bertz CT molecular complexity index is 1320. The summed E-state index contributed by atoms with van der Waals surface area (Å²) >= 11 is 0. The predicted molar refractivity (Wildman–Crippen MR) is 140 cm³/mol. The van der Waals surface area contributed by atoms with Crippen molar-refractivity contribution in [2.45, 2.75) is 46.2 Å². The molecule has 8 nitrogen and oxygen atoms in total. The molecule has 0 radical (unpaired) electrons. The van der Waals surface area contributed by atoms with E-state index >= 15 is 0 Å². The van der Waals surface area contributed by atoms with Crippen molar-refractivity contribution in [1.29, 1.82) is 0 Å². The molecule has 3 aromatic rings. The number of rotatable bonds is 6. The first kappa shape index (κ1) is 25.3. The molecule has 1 fully saturated rings. The maximum atomic E-state index is 12.8. The number of fused-ring (bicyclic) bond motifs is 1. The molecular formula is C26H35N5O3S. The van der Waals surface area contributed by atoms with Gasteiger partial charge < -0.3 is 9.88 Å². The number of nitrogens with zero attached hydrogens (tertiary/aromatic N) is 4. The Morgan fingerprint density at radius 1 is 1.03 bits per heavy atom. The van der Waals surface area contributed by atoms with Crippen molar-refractivity contribution < 1.29 is 13.2 Å². The Kier molecular flexibility index (Phi) is 7.04. The van der Waals surface area contributed by atoms with E-state index in [1.54, 1.807) is 0 Å². The van der Waals surface area contributed by atoms with Gasteiger partial charge in [-0.05, 0) is 48.2 Å². The molecule has 35 heavy (non-hydrogen) atoms. The topological polar surface area (TPSA) is 87.5 Å². The zero-order chi connectivity index (χ0) is 25.4. The molecule has 1 saturated heterocycles. The molecule has 2 aromatic carbocycles. The summed E-state index contributed by atoms with van der Waals surface area (Å²) in [6, 6.07) is 13.5. The number of carbonyl (C=O) groups is 1. The third kappa shape index (κ3) is 5.74. The lowest BCUT2D eigenvalue weighted by Gasteiger charge is -2.32. The quantitative estimate of drug-likeness (QED) is 0.561. The molecule has 0 bridgehead atoms. The monoisotopic (exact) mass is 497 g/mol. The fraction of sp³-hybridized carbons (Fsp3) is 0.462. The van der Waals surface area contributed by atoms with E-state index in [-0.39, 0.29) is 11.3 Å². The van der Waals surface area contributed by atoms with Crippen LogP contribution < -0.4 is 5.32 Å². The molecule has 0 saturated carbocycles. The van der Waals surface area contributed by atoms with Crippen LogP contribution in [0.1, 0.15) is 49.4 Å². The third-order valence-electron chi connectivity index (χ3n) is 6.58. The molecule has 0 atom stereocenters. The number of sulfonamides is 1. The van der Waals surface area contributed by atoms with Crippen molar-refractivity contribution in [2.24, 2.45) is 0 Å². The van der Waals surface area contributed by atoms with Gasteiger partial charge in [-0.3, -0.25) is 9.69 Å². The Morgan fingerprint density at radius 3 is 2.26 bits per heavy atom. The van der Waals surface area contributed by atoms with Crippen molar-refractivity contribution in [3.05, 3.63) is 59.4 Å². The van der Waals surface area contributed by atoms with Gasteiger partial charge in [0.1, 0.15) is 5.82 Å². The van der Waals surface area contributed by atoms with E-state index in [1.165, 1.54) is 16.1 Å². The highest BCUT2D eigenvalue weighted by molar-refractivity contribution is 7.88. The molecule has 1 N–H and O–H groups in total. The van der Waals surface area contributed by atoms with Crippen molar-refractivity contribution in [3.8, 4) is 0 Å². The standard InChI is InChI=1S/C26H35N5O3S/c1-6-31-23-12-11-21(27-25(32)19-7-9-20(10-8-19)26(2,3)4)17-22(23)28-24(31)18-29-13-15-30(16-14-29)35(5,33)34/h7-12,17H,6,13-16,18H2,1-5H3,(H,27,32). The van der Waals surface area contributed by atoms with E-state index < -0.39 is 10.0 Å². The molecule has 4 rings (SSSR count). The average Bonchev–Trinajstić information content (AvgIpc) is 3.14. The Morgan fingerprint density at radius 2 is 1.69 bits per heavy atom. The van der Waals surface area contributed by atoms with Gasteiger partial charge in [-0.15, -0.1) is 0 Å². The number of carbonyl (C=O) groups excluding carboxylic acids is 1. The Labute approximate surface area is 208 Å². The van der Waals surface area contributed by atoms with Crippen LogP contribution in [-0.2, 0) is 28.5 Å². The number of anilines is 1. The molecule has 1 aromatic heterocycles. The number of piperazine rings is 1. The fourth-order valence-electron chi connectivity index (χ4n) is 4.48. The van der Waals surface area contributed by atoms with E-state index in [2.05, 4.69) is 42.5 Å². The second-order valence-electron chi connectivity index (χ2n) is 10.2. The summed E-state index contributed by atoms with van der Waals surface area (Å²) in [7, 11) is -3.15. The number of hydrogen-bond donors (Lipinski definition) is 1. The molecule has 1 aliphatic heterocycles. The highest BCUT2D eigenvalue weighted by Gasteiger charge is 2.24. The summed E-state index contributed by atoms with van der Waals surface area (Å²) in [5, 5.41) is 2.99. The lowest BCUT2D eigenvalue weighted by molar-refractivity contribution is 0.102. The third-order valence-corrected chi connectivity index (χ3v) is 7.88. The van der Waals surface area contributed by atoms with Crippen LogP contribution in [0.15, 0.2) is 42.5 Å². The number of amides is 1. The first-order valence-electron chi connectivity index (χ1n) is 12.0. The number of imidazole rings is 1. The minimum Gasteiger partial charge on any atom is -0.327 e. The number of nitrogens with one attached hydrogen (secondary N) is 1. The first-order valence-corrected chi connectivity index (χ1v) is 13.9. The van der Waals surface area contributed by atoms with Crippen molar-refractivity contribution in [2.75, 3.05) is 37.8 Å².